The fourth-order valence-corrected chi connectivity index (χ4v) is 5.27. The van der Waals surface area contributed by atoms with Crippen LogP contribution < -0.4 is 4.74 Å². The molecule has 1 saturated heterocycles. The largest absolute Gasteiger partial charge is 0.504 e. The maximum absolute atomic E-state index is 12.3. The van der Waals surface area contributed by atoms with Crippen molar-refractivity contribution < 1.29 is 19.7 Å². The molecule has 1 aromatic rings. The normalized spacial score (nSPS) is 36.3. The van der Waals surface area contributed by atoms with Crippen molar-refractivity contribution in [3.63, 3.8) is 0 Å². The highest BCUT2D eigenvalue weighted by Crippen LogP contribution is 2.60. The van der Waals surface area contributed by atoms with Gasteiger partial charge >= 0.3 is 0 Å². The van der Waals surface area contributed by atoms with Crippen molar-refractivity contribution in [1.29, 1.82) is 0 Å². The SMILES string of the molecule is COc1ccc2c(c1O)[C@@]13CCN(C)[C@@H](C2)[C@@]1(O)CCC(=O)C3. The second kappa shape index (κ2) is 4.71. The van der Waals surface area contributed by atoms with E-state index >= 15 is 0 Å². The Morgan fingerprint density at radius 2 is 2.13 bits per heavy atom. The third-order valence-electron chi connectivity index (χ3n) is 6.43. The predicted octanol–water partition coefficient (Wildman–Crippen LogP) is 1.38. The Hall–Kier alpha value is -1.59. The van der Waals surface area contributed by atoms with Crippen molar-refractivity contribution in [2.24, 2.45) is 0 Å². The lowest BCUT2D eigenvalue weighted by atomic mass is 9.49. The van der Waals surface area contributed by atoms with Gasteiger partial charge in [-0.15, -0.1) is 0 Å². The molecule has 2 aliphatic carbocycles. The van der Waals surface area contributed by atoms with E-state index in [0.29, 0.717) is 37.9 Å². The minimum Gasteiger partial charge on any atom is -0.504 e. The van der Waals surface area contributed by atoms with Crippen LogP contribution in [0.15, 0.2) is 12.1 Å². The van der Waals surface area contributed by atoms with Crippen LogP contribution in [0, 0.1) is 0 Å². The zero-order chi connectivity index (χ0) is 16.4. The Labute approximate surface area is 135 Å². The molecule has 3 aliphatic rings. The van der Waals surface area contributed by atoms with Crippen LogP contribution in [0.1, 0.15) is 36.8 Å². The summed E-state index contributed by atoms with van der Waals surface area (Å²) >= 11 is 0. The van der Waals surface area contributed by atoms with Gasteiger partial charge in [0.2, 0.25) is 0 Å². The first-order valence-corrected chi connectivity index (χ1v) is 8.26. The molecular formula is C18H23NO4. The van der Waals surface area contributed by atoms with Gasteiger partial charge in [0.1, 0.15) is 5.78 Å². The van der Waals surface area contributed by atoms with Crippen LogP contribution in [-0.4, -0.2) is 53.2 Å². The van der Waals surface area contributed by atoms with E-state index in [1.807, 2.05) is 13.1 Å². The van der Waals surface area contributed by atoms with Crippen molar-refractivity contribution in [2.75, 3.05) is 20.7 Å². The number of piperidine rings is 1. The van der Waals surface area contributed by atoms with Crippen LogP contribution in [0.25, 0.3) is 0 Å². The van der Waals surface area contributed by atoms with Gasteiger partial charge in [-0.2, -0.15) is 0 Å². The van der Waals surface area contributed by atoms with Crippen LogP contribution in [0.2, 0.25) is 0 Å². The van der Waals surface area contributed by atoms with Crippen molar-refractivity contribution in [2.45, 2.75) is 49.2 Å². The van der Waals surface area contributed by atoms with Crippen LogP contribution >= 0.6 is 0 Å². The molecule has 5 nitrogen and oxygen atoms in total. The number of Topliss-reactive ketones (excluding diaryl/α,β-unsaturated/α-hetero) is 1. The number of phenols is 1. The van der Waals surface area contributed by atoms with Gasteiger partial charge in [-0.05, 0) is 44.5 Å². The van der Waals surface area contributed by atoms with Crippen molar-refractivity contribution in [3.8, 4) is 11.5 Å². The van der Waals surface area contributed by atoms with E-state index < -0.39 is 11.0 Å². The van der Waals surface area contributed by atoms with E-state index in [1.54, 1.807) is 6.07 Å². The maximum atomic E-state index is 12.3. The number of rotatable bonds is 1. The summed E-state index contributed by atoms with van der Waals surface area (Å²) in [4.78, 5) is 14.5. The Morgan fingerprint density at radius 1 is 1.35 bits per heavy atom. The first-order valence-electron chi connectivity index (χ1n) is 8.26. The highest BCUT2D eigenvalue weighted by molar-refractivity contribution is 5.83. The third kappa shape index (κ3) is 1.72. The lowest BCUT2D eigenvalue weighted by Crippen LogP contribution is -2.72. The van der Waals surface area contributed by atoms with Crippen molar-refractivity contribution >= 4 is 5.78 Å². The molecule has 0 aromatic heterocycles. The molecule has 23 heavy (non-hydrogen) atoms. The molecular weight excluding hydrogens is 294 g/mol. The molecule has 0 amide bonds. The summed E-state index contributed by atoms with van der Waals surface area (Å²) in [5.41, 5.74) is 0.118. The van der Waals surface area contributed by atoms with E-state index in [2.05, 4.69) is 4.90 Å². The molecule has 1 aliphatic heterocycles. The number of ketones is 1. The molecule has 1 heterocycles. The second-order valence-corrected chi connectivity index (χ2v) is 7.32. The minimum atomic E-state index is -0.968. The first-order chi connectivity index (χ1) is 10.9. The number of methoxy groups -OCH3 is 1. The summed E-state index contributed by atoms with van der Waals surface area (Å²) in [5, 5.41) is 22.4. The molecule has 2 fully saturated rings. The van der Waals surface area contributed by atoms with Gasteiger partial charge in [0.05, 0.1) is 12.7 Å². The zero-order valence-corrected chi connectivity index (χ0v) is 13.6. The number of nitrogens with zero attached hydrogens (tertiary/aromatic N) is 1. The lowest BCUT2D eigenvalue weighted by Gasteiger charge is -2.62. The number of carbonyl (C=O) groups excluding carboxylic acids is 1. The average Bonchev–Trinajstić information content (AvgIpc) is 2.52. The van der Waals surface area contributed by atoms with Crippen molar-refractivity contribution in [3.05, 3.63) is 23.3 Å². The Bertz CT molecular complexity index is 688. The molecule has 1 saturated carbocycles. The average molecular weight is 317 g/mol. The maximum Gasteiger partial charge on any atom is 0.161 e. The molecule has 0 radical (unpaired) electrons. The Balaban J connectivity index is 2.01. The summed E-state index contributed by atoms with van der Waals surface area (Å²) in [6.07, 6.45) is 2.56. The van der Waals surface area contributed by atoms with Gasteiger partial charge in [0.25, 0.3) is 0 Å². The van der Waals surface area contributed by atoms with Gasteiger partial charge < -0.3 is 19.8 Å². The van der Waals surface area contributed by atoms with E-state index in [-0.39, 0.29) is 17.6 Å². The fourth-order valence-electron chi connectivity index (χ4n) is 5.27. The van der Waals surface area contributed by atoms with Crippen LogP contribution in [0.5, 0.6) is 11.5 Å². The molecule has 124 valence electrons. The highest BCUT2D eigenvalue weighted by Gasteiger charge is 2.65. The summed E-state index contributed by atoms with van der Waals surface area (Å²) in [5.74, 6) is 0.685. The monoisotopic (exact) mass is 317 g/mol. The van der Waals surface area contributed by atoms with Crippen molar-refractivity contribution in [1.82, 2.24) is 4.90 Å². The number of phenolic OH excluding ortho intramolecular Hbond substituents is 1. The number of fused-ring (bicyclic) bond motifs is 1. The Kier molecular flexibility index (Phi) is 3.06. The third-order valence-corrected chi connectivity index (χ3v) is 6.43. The Morgan fingerprint density at radius 3 is 2.87 bits per heavy atom. The molecule has 0 unspecified atom stereocenters. The number of ether oxygens (including phenoxy) is 1. The number of aromatic hydroxyl groups is 1. The summed E-state index contributed by atoms with van der Waals surface area (Å²) < 4.78 is 5.28. The molecule has 0 spiro atoms. The topological polar surface area (TPSA) is 70.0 Å². The molecule has 1 aromatic carbocycles. The standard InChI is InChI=1S/C18H23NO4/c1-19-8-7-17-10-12(20)5-6-18(17,22)14(19)9-11-3-4-13(23-2)16(21)15(11)17/h3-4,14,21-22H,5-10H2,1-2H3/t14-,17-,18-/m0/s1. The second-order valence-electron chi connectivity index (χ2n) is 7.32. The number of likely N-dealkylation sites (tertiary alicyclic amines) is 1. The summed E-state index contributed by atoms with van der Waals surface area (Å²) in [7, 11) is 3.56. The lowest BCUT2D eigenvalue weighted by molar-refractivity contribution is -0.169. The highest BCUT2D eigenvalue weighted by atomic mass is 16.5. The van der Waals surface area contributed by atoms with Crippen LogP contribution in [0.4, 0.5) is 0 Å². The van der Waals surface area contributed by atoms with E-state index in [0.717, 1.165) is 17.7 Å². The molecule has 5 heteroatoms. The van der Waals surface area contributed by atoms with Gasteiger partial charge in [0.15, 0.2) is 11.5 Å². The smallest absolute Gasteiger partial charge is 0.161 e. The van der Waals surface area contributed by atoms with E-state index in [4.69, 9.17) is 4.74 Å². The number of benzene rings is 1. The quantitative estimate of drug-likeness (QED) is 0.819. The molecule has 2 bridgehead atoms. The molecule has 3 atom stereocenters. The summed E-state index contributed by atoms with van der Waals surface area (Å²) in [6.45, 7) is 0.816. The number of likely N-dealkylation sites (N-methyl/N-ethyl adjacent to an activating group) is 1. The number of carbonyl (C=O) groups is 1. The number of aliphatic hydroxyl groups is 1. The number of hydrogen-bond acceptors (Lipinski definition) is 5. The zero-order valence-electron chi connectivity index (χ0n) is 13.6. The number of hydrogen-bond donors (Lipinski definition) is 2. The van der Waals surface area contributed by atoms with Gasteiger partial charge in [-0.1, -0.05) is 6.07 Å². The molecule has 4 rings (SSSR count). The van der Waals surface area contributed by atoms with Crippen LogP contribution in [0.3, 0.4) is 0 Å². The first kappa shape index (κ1) is 15.0. The predicted molar refractivity (Wildman–Crippen MR) is 84.9 cm³/mol. The van der Waals surface area contributed by atoms with Gasteiger partial charge in [0, 0.05) is 29.9 Å². The van der Waals surface area contributed by atoms with Gasteiger partial charge in [-0.25, -0.2) is 0 Å². The van der Waals surface area contributed by atoms with E-state index in [1.165, 1.54) is 7.11 Å². The molecule has 2 N–H and O–H groups in total. The summed E-state index contributed by atoms with van der Waals surface area (Å²) in [6, 6.07) is 3.74. The minimum absolute atomic E-state index is 0.00959. The van der Waals surface area contributed by atoms with Gasteiger partial charge in [-0.3, -0.25) is 4.79 Å². The fraction of sp³-hybridized carbons (Fsp3) is 0.611. The van der Waals surface area contributed by atoms with Crippen LogP contribution in [-0.2, 0) is 16.6 Å². The van der Waals surface area contributed by atoms with E-state index in [9.17, 15) is 15.0 Å².